The molecule has 0 heterocycles. The Labute approximate surface area is 642 Å². The lowest BCUT2D eigenvalue weighted by atomic mass is 10.1. The van der Waals surface area contributed by atoms with Crippen LogP contribution < -0.4 is 0 Å². The Balaban J connectivity index is 5.56. The van der Waals surface area contributed by atoms with Gasteiger partial charge in [-0.2, -0.15) is 0 Å². The summed E-state index contributed by atoms with van der Waals surface area (Å²) in [4.78, 5) is 73.0. The van der Waals surface area contributed by atoms with Crippen LogP contribution in [0.25, 0.3) is 0 Å². The fourth-order valence-electron chi connectivity index (χ4n) is 9.95. The molecule has 3 N–H and O–H groups in total. The fourth-order valence-corrected chi connectivity index (χ4v) is 11.5. The van der Waals surface area contributed by atoms with Crippen molar-refractivity contribution in [3.05, 3.63) is 170 Å². The number of esters is 4. The molecule has 17 nitrogen and oxygen atoms in total. The molecular weight excluding hydrogens is 1380 g/mol. The first-order chi connectivity index (χ1) is 51.7. The van der Waals surface area contributed by atoms with Crippen molar-refractivity contribution in [3.63, 3.8) is 0 Å². The maximum absolute atomic E-state index is 13.1. The molecule has 0 amide bonds. The number of allylic oxidation sites excluding steroid dienone is 28. The van der Waals surface area contributed by atoms with Crippen LogP contribution in [0.3, 0.4) is 0 Å². The predicted octanol–water partition coefficient (Wildman–Crippen LogP) is 23.8. The maximum Gasteiger partial charge on any atom is 0.472 e. The van der Waals surface area contributed by atoms with E-state index in [1.54, 1.807) is 0 Å². The zero-order valence-corrected chi connectivity index (χ0v) is 67.6. The van der Waals surface area contributed by atoms with E-state index in [-0.39, 0.29) is 25.7 Å². The van der Waals surface area contributed by atoms with Crippen LogP contribution in [0.1, 0.15) is 297 Å². The fraction of sp³-hybridized carbons (Fsp3) is 0.632. The van der Waals surface area contributed by atoms with Gasteiger partial charge in [0.15, 0.2) is 12.2 Å². The van der Waals surface area contributed by atoms with E-state index in [1.807, 2.05) is 42.5 Å². The van der Waals surface area contributed by atoms with E-state index in [1.165, 1.54) is 83.5 Å². The standard InChI is InChI=1S/C87H142O17P2/c1-5-9-13-17-21-25-29-33-36-39-40-43-46-50-54-58-62-66-70-74-87(92)104-83(78-98-85(90)72-68-64-60-56-52-48-44-41-37-34-30-26-22-18-14-10-6-2)80-102-106(95,96)100-76-81(88)75-99-105(93,94)101-79-82(77-97-84(89)71-67-63-59-55-51-47-32-28-24-20-16-12-8-4)103-86(91)73-69-65-61-57-53-49-45-42-38-35-31-27-23-19-15-11-7-3/h21-23,25-28,32-38,40,43-45,48-50,54,56-57,60-62,66,81-83,88H,5-20,24,29-31,39,41-42,46-47,51-53,55,58-59,63-65,67-80H2,1-4H3,(H,93,94)(H,95,96)/b25-21-,26-22-,27-23-,32-28-,36-33-,37-34-,38-35-,43-40-,48-44-,49-45-,54-50-,60-56-,61-57-,66-62-/t81-,82+,83+/m0/s1. The molecule has 5 atom stereocenters. The Kier molecular flexibility index (Phi) is 73.5. The molecule has 106 heavy (non-hydrogen) atoms. The third-order valence-electron chi connectivity index (χ3n) is 16.1. The first-order valence-electron chi connectivity index (χ1n) is 40.4. The quantitative estimate of drug-likeness (QED) is 0.0169. The summed E-state index contributed by atoms with van der Waals surface area (Å²) in [5, 5.41) is 10.6. The first-order valence-corrected chi connectivity index (χ1v) is 43.4. The summed E-state index contributed by atoms with van der Waals surface area (Å²) in [5.74, 6) is -2.43. The van der Waals surface area contributed by atoms with Gasteiger partial charge in [0.2, 0.25) is 0 Å². The minimum Gasteiger partial charge on any atom is -0.462 e. The normalized spacial score (nSPS) is 14.7. The zero-order valence-electron chi connectivity index (χ0n) is 65.8. The van der Waals surface area contributed by atoms with Gasteiger partial charge < -0.3 is 33.8 Å². The van der Waals surface area contributed by atoms with Crippen LogP contribution in [0.2, 0.25) is 0 Å². The highest BCUT2D eigenvalue weighted by atomic mass is 31.2. The monoisotopic (exact) mass is 1520 g/mol. The molecule has 0 fully saturated rings. The van der Waals surface area contributed by atoms with Crippen molar-refractivity contribution < 1.29 is 80.2 Å². The highest BCUT2D eigenvalue weighted by molar-refractivity contribution is 7.47. The van der Waals surface area contributed by atoms with Crippen molar-refractivity contribution in [1.82, 2.24) is 0 Å². The Morgan fingerprint density at radius 2 is 0.491 bits per heavy atom. The largest absolute Gasteiger partial charge is 0.472 e. The highest BCUT2D eigenvalue weighted by Crippen LogP contribution is 2.45. The van der Waals surface area contributed by atoms with E-state index in [4.69, 9.17) is 37.0 Å². The van der Waals surface area contributed by atoms with Crippen LogP contribution in [0, 0.1) is 0 Å². The molecule has 0 aromatic heterocycles. The summed E-state index contributed by atoms with van der Waals surface area (Å²) < 4.78 is 68.4. The summed E-state index contributed by atoms with van der Waals surface area (Å²) in [6, 6.07) is 0. The molecule has 0 saturated heterocycles. The number of unbranched alkanes of at least 4 members (excludes halogenated alkanes) is 20. The number of hydrogen-bond donors (Lipinski definition) is 3. The van der Waals surface area contributed by atoms with E-state index in [9.17, 15) is 43.2 Å². The predicted molar refractivity (Wildman–Crippen MR) is 436 cm³/mol. The number of phosphoric ester groups is 2. The van der Waals surface area contributed by atoms with Crippen LogP contribution >= 0.6 is 15.6 Å². The van der Waals surface area contributed by atoms with Crippen molar-refractivity contribution in [2.75, 3.05) is 39.6 Å². The second-order valence-electron chi connectivity index (χ2n) is 26.3. The average Bonchev–Trinajstić information content (AvgIpc) is 0.899. The van der Waals surface area contributed by atoms with Crippen molar-refractivity contribution in [1.29, 1.82) is 0 Å². The van der Waals surface area contributed by atoms with E-state index < -0.39 is 97.5 Å². The van der Waals surface area contributed by atoms with Gasteiger partial charge in [0, 0.05) is 25.7 Å². The van der Waals surface area contributed by atoms with Crippen LogP contribution in [-0.4, -0.2) is 96.7 Å². The summed E-state index contributed by atoms with van der Waals surface area (Å²) in [5.41, 5.74) is 0. The Morgan fingerprint density at radius 3 is 0.830 bits per heavy atom. The topological polar surface area (TPSA) is 237 Å². The molecule has 0 bridgehead atoms. The third kappa shape index (κ3) is 76.6. The Morgan fingerprint density at radius 1 is 0.264 bits per heavy atom. The van der Waals surface area contributed by atoms with Gasteiger partial charge in [0.1, 0.15) is 19.3 Å². The van der Waals surface area contributed by atoms with Gasteiger partial charge in [0.05, 0.1) is 26.4 Å². The summed E-state index contributed by atoms with van der Waals surface area (Å²) in [6.45, 7) is 4.54. The van der Waals surface area contributed by atoms with E-state index in [0.29, 0.717) is 44.9 Å². The number of rotatable bonds is 74. The molecule has 19 heteroatoms. The molecule has 0 aromatic carbocycles. The van der Waals surface area contributed by atoms with Crippen LogP contribution in [-0.2, 0) is 65.4 Å². The average molecular weight is 1520 g/mol. The molecule has 0 saturated carbocycles. The molecule has 0 aliphatic carbocycles. The van der Waals surface area contributed by atoms with Gasteiger partial charge in [-0.25, -0.2) is 9.13 Å². The molecule has 0 aliphatic heterocycles. The minimum absolute atomic E-state index is 0.00907. The number of carbonyl (C=O) groups is 4. The van der Waals surface area contributed by atoms with Crippen molar-refractivity contribution in [2.24, 2.45) is 0 Å². The van der Waals surface area contributed by atoms with Gasteiger partial charge in [-0.15, -0.1) is 0 Å². The van der Waals surface area contributed by atoms with Crippen LogP contribution in [0.5, 0.6) is 0 Å². The summed E-state index contributed by atoms with van der Waals surface area (Å²) in [6.07, 6.45) is 92.2. The first kappa shape index (κ1) is 100. The number of aliphatic hydroxyl groups is 1. The van der Waals surface area contributed by atoms with E-state index in [2.05, 4.69) is 155 Å². The number of aliphatic hydroxyl groups excluding tert-OH is 1. The molecule has 0 aliphatic rings. The van der Waals surface area contributed by atoms with Crippen molar-refractivity contribution in [2.45, 2.75) is 316 Å². The van der Waals surface area contributed by atoms with Crippen molar-refractivity contribution >= 4 is 39.5 Å². The zero-order chi connectivity index (χ0) is 77.4. The number of hydrogen-bond acceptors (Lipinski definition) is 15. The van der Waals surface area contributed by atoms with Crippen LogP contribution in [0.4, 0.5) is 0 Å². The smallest absolute Gasteiger partial charge is 0.462 e. The van der Waals surface area contributed by atoms with Crippen LogP contribution in [0.15, 0.2) is 170 Å². The Bertz CT molecular complexity index is 2680. The molecule has 0 rings (SSSR count). The lowest BCUT2D eigenvalue weighted by Crippen LogP contribution is -2.30. The second kappa shape index (κ2) is 77.6. The summed E-state index contributed by atoms with van der Waals surface area (Å²) >= 11 is 0. The van der Waals surface area contributed by atoms with Gasteiger partial charge >= 0.3 is 39.5 Å². The van der Waals surface area contributed by atoms with Gasteiger partial charge in [-0.1, -0.05) is 275 Å². The van der Waals surface area contributed by atoms with E-state index in [0.717, 1.165) is 116 Å². The second-order valence-corrected chi connectivity index (χ2v) is 29.2. The third-order valence-corrected chi connectivity index (χ3v) is 18.0. The molecule has 0 aromatic rings. The minimum atomic E-state index is -5.02. The molecule has 0 radical (unpaired) electrons. The van der Waals surface area contributed by atoms with Gasteiger partial charge in [-0.05, 0) is 167 Å². The molecule has 0 spiro atoms. The maximum atomic E-state index is 13.1. The molecular formula is C87H142O17P2. The number of phosphoric acid groups is 2. The highest BCUT2D eigenvalue weighted by Gasteiger charge is 2.30. The molecule has 2 unspecified atom stereocenters. The lowest BCUT2D eigenvalue weighted by molar-refractivity contribution is -0.161. The van der Waals surface area contributed by atoms with E-state index >= 15 is 0 Å². The summed E-state index contributed by atoms with van der Waals surface area (Å²) in [7, 11) is -10.0. The SMILES string of the molecule is CCCCC/C=C\C/C=C\C/C=C\C/C=C\C/C=C\CCC(=O)O[C@H](COC(=O)CCC/C=C\C/C=C\C/C=C\C/C=C\CCCCC)COP(=O)(O)OC[C@@H](O)COP(=O)(O)OC[C@@H](COC(=O)CCCCCCC/C=C\CCCCCC)OC(=O)CCC/C=C\C/C=C\C/C=C\C/C=C\CCCCC. The number of ether oxygens (including phenoxy) is 4. The lowest BCUT2D eigenvalue weighted by Gasteiger charge is -2.21. The number of carbonyl (C=O) groups excluding carboxylic acids is 4. The molecule has 602 valence electrons. The Hall–Kier alpha value is -5.58. The van der Waals surface area contributed by atoms with Gasteiger partial charge in [-0.3, -0.25) is 37.3 Å². The van der Waals surface area contributed by atoms with Crippen molar-refractivity contribution in [3.8, 4) is 0 Å². The van der Waals surface area contributed by atoms with Gasteiger partial charge in [0.25, 0.3) is 0 Å².